The van der Waals surface area contributed by atoms with Crippen molar-refractivity contribution in [3.8, 4) is 5.75 Å². The lowest BCUT2D eigenvalue weighted by Gasteiger charge is -2.07. The first kappa shape index (κ1) is 15.7. The van der Waals surface area contributed by atoms with Crippen molar-refractivity contribution in [1.82, 2.24) is 0 Å². The smallest absolute Gasteiger partial charge is 0.307 e. The number of aliphatic carboxylic acids is 1. The van der Waals surface area contributed by atoms with Crippen LogP contribution in [-0.2, 0) is 11.2 Å². The molecule has 110 valence electrons. The van der Waals surface area contributed by atoms with Crippen molar-refractivity contribution in [3.05, 3.63) is 59.1 Å². The van der Waals surface area contributed by atoms with E-state index in [1.54, 1.807) is 36.0 Å². The number of carboxylic acid groups (broad SMARTS) is 1. The first-order chi connectivity index (χ1) is 10.1. The van der Waals surface area contributed by atoms with Gasteiger partial charge < -0.3 is 9.84 Å². The highest BCUT2D eigenvalue weighted by molar-refractivity contribution is 7.99. The Hall–Kier alpha value is -1.65. The summed E-state index contributed by atoms with van der Waals surface area (Å²) in [6, 6.07) is 14.8. The average molecular weight is 323 g/mol. The summed E-state index contributed by atoms with van der Waals surface area (Å²) in [5, 5.41) is 9.45. The number of carboxylic acids is 1. The van der Waals surface area contributed by atoms with Gasteiger partial charge in [-0.3, -0.25) is 4.79 Å². The van der Waals surface area contributed by atoms with E-state index in [2.05, 4.69) is 0 Å². The number of halogens is 1. The van der Waals surface area contributed by atoms with E-state index >= 15 is 0 Å². The molecule has 2 aromatic rings. The van der Waals surface area contributed by atoms with Gasteiger partial charge in [-0.25, -0.2) is 0 Å². The summed E-state index contributed by atoms with van der Waals surface area (Å²) in [6.45, 7) is 0.564. The van der Waals surface area contributed by atoms with Crippen molar-refractivity contribution in [2.45, 2.75) is 11.3 Å². The van der Waals surface area contributed by atoms with Crippen LogP contribution in [0.15, 0.2) is 53.4 Å². The highest BCUT2D eigenvalue weighted by Crippen LogP contribution is 2.26. The Morgan fingerprint density at radius 1 is 1.14 bits per heavy atom. The minimum atomic E-state index is -0.834. The first-order valence-electron chi connectivity index (χ1n) is 6.46. The third kappa shape index (κ3) is 5.33. The van der Waals surface area contributed by atoms with Crippen LogP contribution in [0.4, 0.5) is 0 Å². The van der Waals surface area contributed by atoms with Crippen LogP contribution < -0.4 is 4.74 Å². The van der Waals surface area contributed by atoms with Crippen molar-refractivity contribution in [3.63, 3.8) is 0 Å². The summed E-state index contributed by atoms with van der Waals surface area (Å²) in [7, 11) is 0. The Balaban J connectivity index is 1.76. The van der Waals surface area contributed by atoms with Gasteiger partial charge in [0.05, 0.1) is 18.1 Å². The van der Waals surface area contributed by atoms with Gasteiger partial charge in [0.25, 0.3) is 0 Å². The molecule has 0 aliphatic heterocycles. The quantitative estimate of drug-likeness (QED) is 0.615. The van der Waals surface area contributed by atoms with Crippen molar-refractivity contribution < 1.29 is 14.6 Å². The molecule has 0 saturated heterocycles. The summed E-state index contributed by atoms with van der Waals surface area (Å²) < 4.78 is 5.62. The average Bonchev–Trinajstić information content (AvgIpc) is 2.46. The summed E-state index contributed by atoms with van der Waals surface area (Å²) in [4.78, 5) is 11.6. The van der Waals surface area contributed by atoms with Crippen LogP contribution in [0.3, 0.4) is 0 Å². The zero-order valence-electron chi connectivity index (χ0n) is 11.3. The molecule has 0 radical (unpaired) electrons. The molecule has 0 saturated carbocycles. The molecule has 0 atom stereocenters. The number of hydrogen-bond donors (Lipinski definition) is 1. The topological polar surface area (TPSA) is 46.5 Å². The maximum Gasteiger partial charge on any atom is 0.307 e. The van der Waals surface area contributed by atoms with Gasteiger partial charge in [0.15, 0.2) is 0 Å². The zero-order valence-corrected chi connectivity index (χ0v) is 12.9. The maximum atomic E-state index is 10.6. The summed E-state index contributed by atoms with van der Waals surface area (Å²) >= 11 is 7.71. The Labute approximate surface area is 132 Å². The van der Waals surface area contributed by atoms with Gasteiger partial charge in [-0.15, -0.1) is 11.8 Å². The fraction of sp³-hybridized carbons (Fsp3) is 0.188. The largest absolute Gasteiger partial charge is 0.493 e. The predicted octanol–water partition coefficient (Wildman–Crippen LogP) is 4.14. The molecular weight excluding hydrogens is 308 g/mol. The Bertz CT molecular complexity index is 599. The number of thioether (sulfide) groups is 1. The van der Waals surface area contributed by atoms with E-state index in [1.807, 2.05) is 24.3 Å². The SMILES string of the molecule is O=C(O)Cc1ccc(OCCSc2ccccc2Cl)cc1. The minimum Gasteiger partial charge on any atom is -0.493 e. The fourth-order valence-corrected chi connectivity index (χ4v) is 2.82. The number of carbonyl (C=O) groups is 1. The van der Waals surface area contributed by atoms with E-state index in [0.717, 1.165) is 27.0 Å². The van der Waals surface area contributed by atoms with E-state index in [4.69, 9.17) is 21.4 Å². The van der Waals surface area contributed by atoms with Crippen LogP contribution in [0.2, 0.25) is 5.02 Å². The van der Waals surface area contributed by atoms with Gasteiger partial charge in [0, 0.05) is 10.6 Å². The van der Waals surface area contributed by atoms with Crippen molar-refractivity contribution in [2.24, 2.45) is 0 Å². The van der Waals surface area contributed by atoms with Crippen LogP contribution in [0.25, 0.3) is 0 Å². The normalized spacial score (nSPS) is 10.3. The first-order valence-corrected chi connectivity index (χ1v) is 7.82. The molecule has 0 amide bonds. The predicted molar refractivity (Wildman–Crippen MR) is 85.5 cm³/mol. The Kier molecular flexibility index (Phi) is 5.96. The second kappa shape index (κ2) is 7.96. The van der Waals surface area contributed by atoms with Gasteiger partial charge in [0.1, 0.15) is 5.75 Å². The lowest BCUT2D eigenvalue weighted by atomic mass is 10.1. The second-order valence-electron chi connectivity index (χ2n) is 4.34. The van der Waals surface area contributed by atoms with Gasteiger partial charge >= 0.3 is 5.97 Å². The molecule has 21 heavy (non-hydrogen) atoms. The lowest BCUT2D eigenvalue weighted by Crippen LogP contribution is -2.02. The zero-order chi connectivity index (χ0) is 15.1. The van der Waals surface area contributed by atoms with E-state index in [-0.39, 0.29) is 6.42 Å². The summed E-state index contributed by atoms with van der Waals surface area (Å²) in [5.74, 6) is 0.698. The fourth-order valence-electron chi connectivity index (χ4n) is 1.75. The highest BCUT2D eigenvalue weighted by atomic mass is 35.5. The molecule has 0 fully saturated rings. The molecule has 3 nitrogen and oxygen atoms in total. The van der Waals surface area contributed by atoms with Gasteiger partial charge in [0.2, 0.25) is 0 Å². The molecule has 1 N–H and O–H groups in total. The standard InChI is InChI=1S/C16H15ClO3S/c17-14-3-1-2-4-15(14)21-10-9-20-13-7-5-12(6-8-13)11-16(18)19/h1-8H,9-11H2,(H,18,19). The summed E-state index contributed by atoms with van der Waals surface area (Å²) in [6.07, 6.45) is 0.0304. The van der Waals surface area contributed by atoms with Crippen LogP contribution >= 0.6 is 23.4 Å². The molecule has 0 bridgehead atoms. The van der Waals surface area contributed by atoms with E-state index in [1.165, 1.54) is 0 Å². The molecule has 2 rings (SSSR count). The molecule has 0 unspecified atom stereocenters. The molecule has 0 aromatic heterocycles. The van der Waals surface area contributed by atoms with Gasteiger partial charge in [-0.05, 0) is 29.8 Å². The van der Waals surface area contributed by atoms with Gasteiger partial charge in [-0.1, -0.05) is 35.9 Å². The van der Waals surface area contributed by atoms with Crippen molar-refractivity contribution >= 4 is 29.3 Å². The second-order valence-corrected chi connectivity index (χ2v) is 5.89. The lowest BCUT2D eigenvalue weighted by molar-refractivity contribution is -0.136. The molecule has 0 aliphatic rings. The Morgan fingerprint density at radius 2 is 1.86 bits per heavy atom. The molecule has 2 aromatic carbocycles. The molecule has 5 heteroatoms. The van der Waals surface area contributed by atoms with E-state index in [9.17, 15) is 4.79 Å². The van der Waals surface area contributed by atoms with Crippen LogP contribution in [0.1, 0.15) is 5.56 Å². The Morgan fingerprint density at radius 3 is 2.52 bits per heavy atom. The van der Waals surface area contributed by atoms with Crippen molar-refractivity contribution in [2.75, 3.05) is 12.4 Å². The third-order valence-corrected chi connectivity index (χ3v) is 4.20. The molecular formula is C16H15ClO3S. The molecule has 0 spiro atoms. The maximum absolute atomic E-state index is 10.6. The van der Waals surface area contributed by atoms with E-state index in [0.29, 0.717) is 6.61 Å². The summed E-state index contributed by atoms with van der Waals surface area (Å²) in [5.41, 5.74) is 0.764. The molecule has 0 heterocycles. The van der Waals surface area contributed by atoms with Crippen LogP contribution in [0.5, 0.6) is 5.75 Å². The van der Waals surface area contributed by atoms with Gasteiger partial charge in [-0.2, -0.15) is 0 Å². The number of benzene rings is 2. The monoisotopic (exact) mass is 322 g/mol. The number of rotatable bonds is 7. The number of ether oxygens (including phenoxy) is 1. The van der Waals surface area contributed by atoms with E-state index < -0.39 is 5.97 Å². The van der Waals surface area contributed by atoms with Crippen molar-refractivity contribution in [1.29, 1.82) is 0 Å². The van der Waals surface area contributed by atoms with Crippen LogP contribution in [0, 0.1) is 0 Å². The van der Waals surface area contributed by atoms with Crippen LogP contribution in [-0.4, -0.2) is 23.4 Å². The minimum absolute atomic E-state index is 0.0304. The third-order valence-electron chi connectivity index (χ3n) is 2.72. The number of hydrogen-bond acceptors (Lipinski definition) is 3. The molecule has 0 aliphatic carbocycles. The highest BCUT2D eigenvalue weighted by Gasteiger charge is 2.02.